The third-order valence-electron chi connectivity index (χ3n) is 6.70. The van der Waals surface area contributed by atoms with Gasteiger partial charge in [0, 0.05) is 53.9 Å². The van der Waals surface area contributed by atoms with E-state index in [4.69, 9.17) is 4.74 Å². The van der Waals surface area contributed by atoms with Crippen LogP contribution in [0.4, 0.5) is 15.3 Å². The molecule has 232 valence electrons. The van der Waals surface area contributed by atoms with Crippen LogP contribution in [0.25, 0.3) is 10.4 Å². The molecule has 1 aliphatic carbocycles. The Morgan fingerprint density at radius 3 is 2.42 bits per heavy atom. The lowest BCUT2D eigenvalue weighted by molar-refractivity contribution is 0.109. The Morgan fingerprint density at radius 1 is 1.07 bits per heavy atom. The molecular weight excluding hydrogens is 589 g/mol. The number of benzene rings is 1. The van der Waals surface area contributed by atoms with Crippen molar-refractivity contribution in [2.45, 2.75) is 95.3 Å². The molecule has 1 fully saturated rings. The molecule has 11 nitrogen and oxygen atoms in total. The molecule has 4 rings (SSSR count). The van der Waals surface area contributed by atoms with Gasteiger partial charge >= 0.3 is 12.1 Å². The summed E-state index contributed by atoms with van der Waals surface area (Å²) in [6.07, 6.45) is 7.77. The largest absolute Gasteiger partial charge is 0.447 e. The molecule has 1 aliphatic rings. The third kappa shape index (κ3) is 9.47. The maximum absolute atomic E-state index is 13.6. The third-order valence-corrected chi connectivity index (χ3v) is 9.69. The first-order chi connectivity index (χ1) is 20.3. The fourth-order valence-corrected chi connectivity index (χ4v) is 7.70. The summed E-state index contributed by atoms with van der Waals surface area (Å²) in [5, 5.41) is 9.39. The van der Waals surface area contributed by atoms with Crippen molar-refractivity contribution < 1.29 is 22.7 Å². The van der Waals surface area contributed by atoms with Crippen LogP contribution in [0.1, 0.15) is 76.8 Å². The summed E-state index contributed by atoms with van der Waals surface area (Å²) in [6.45, 7) is 9.26. The lowest BCUT2D eigenvalue weighted by Crippen LogP contribution is -2.40. The number of nitrogens with zero attached hydrogens (tertiary/aromatic N) is 2. The number of aromatic nitrogens is 2. The number of urea groups is 1. The second kappa shape index (κ2) is 13.8. The average Bonchev–Trinajstić information content (AvgIpc) is 3.41. The molecule has 2 aromatic heterocycles. The summed E-state index contributed by atoms with van der Waals surface area (Å²) < 4.78 is 35.1. The van der Waals surface area contributed by atoms with Crippen molar-refractivity contribution in [3.63, 3.8) is 0 Å². The Kier molecular flexibility index (Phi) is 10.4. The van der Waals surface area contributed by atoms with Crippen LogP contribution in [-0.4, -0.2) is 48.2 Å². The number of hydrogen-bond acceptors (Lipinski definition) is 8. The topological polar surface area (TPSA) is 151 Å². The van der Waals surface area contributed by atoms with Crippen molar-refractivity contribution in [3.8, 4) is 10.4 Å². The van der Waals surface area contributed by atoms with Gasteiger partial charge in [0.05, 0.1) is 20.9 Å². The fourth-order valence-electron chi connectivity index (χ4n) is 4.84. The van der Waals surface area contributed by atoms with Crippen LogP contribution in [0.5, 0.6) is 0 Å². The minimum Gasteiger partial charge on any atom is -0.447 e. The first-order valence-corrected chi connectivity index (χ1v) is 16.6. The highest BCUT2D eigenvalue weighted by Crippen LogP contribution is 2.40. The summed E-state index contributed by atoms with van der Waals surface area (Å²) >= 11 is 1.47. The van der Waals surface area contributed by atoms with E-state index in [1.807, 2.05) is 13.8 Å². The predicted molar refractivity (Wildman–Crippen MR) is 167 cm³/mol. The number of sulfonamides is 1. The van der Waals surface area contributed by atoms with Gasteiger partial charge in [-0.15, -0.1) is 11.3 Å². The van der Waals surface area contributed by atoms with Gasteiger partial charge in [-0.25, -0.2) is 27.7 Å². The van der Waals surface area contributed by atoms with Crippen molar-refractivity contribution >= 4 is 39.2 Å². The lowest BCUT2D eigenvalue weighted by atomic mass is 9.86. The smallest absolute Gasteiger partial charge is 0.407 e. The average molecular weight is 629 g/mol. The van der Waals surface area contributed by atoms with Crippen LogP contribution in [0.15, 0.2) is 53.8 Å². The Labute approximate surface area is 257 Å². The zero-order valence-corrected chi connectivity index (χ0v) is 26.8. The predicted octanol–water partition coefficient (Wildman–Crippen LogP) is 5.76. The monoisotopic (exact) mass is 628 g/mol. The molecule has 1 saturated carbocycles. The highest BCUT2D eigenvalue weighted by atomic mass is 32.2. The van der Waals surface area contributed by atoms with Crippen LogP contribution in [0.3, 0.4) is 0 Å². The van der Waals surface area contributed by atoms with Gasteiger partial charge in [0.15, 0.2) is 0 Å². The molecule has 0 saturated heterocycles. The maximum Gasteiger partial charge on any atom is 0.407 e. The van der Waals surface area contributed by atoms with Gasteiger partial charge < -0.3 is 20.7 Å². The molecule has 0 bridgehead atoms. The number of ether oxygens (including phenoxy) is 1. The van der Waals surface area contributed by atoms with Crippen molar-refractivity contribution in [1.29, 1.82) is 0 Å². The number of thiazole rings is 1. The molecule has 43 heavy (non-hydrogen) atoms. The number of pyridine rings is 1. The number of hydrogen-bond donors (Lipinski definition) is 4. The Balaban J connectivity index is 1.50. The Bertz CT molecular complexity index is 1510. The van der Waals surface area contributed by atoms with E-state index in [0.717, 1.165) is 41.1 Å². The molecule has 0 unspecified atom stereocenters. The summed E-state index contributed by atoms with van der Waals surface area (Å²) in [6, 6.07) is 8.06. The number of carbonyl (C=O) groups is 2. The quantitative estimate of drug-likeness (QED) is 0.235. The molecule has 3 amide bonds. The van der Waals surface area contributed by atoms with Gasteiger partial charge in [0.2, 0.25) is 10.0 Å². The summed E-state index contributed by atoms with van der Waals surface area (Å²) in [4.78, 5) is 34.0. The van der Waals surface area contributed by atoms with E-state index >= 15 is 0 Å². The highest BCUT2D eigenvalue weighted by Gasteiger charge is 2.29. The summed E-state index contributed by atoms with van der Waals surface area (Å²) in [7, 11) is -3.96. The molecular formula is C30H40N6O5S2. The van der Waals surface area contributed by atoms with E-state index in [1.165, 1.54) is 17.4 Å². The molecule has 1 aromatic carbocycles. The van der Waals surface area contributed by atoms with E-state index in [1.54, 1.807) is 63.6 Å². The molecule has 4 N–H and O–H groups in total. The molecule has 0 radical (unpaired) electrons. The van der Waals surface area contributed by atoms with Gasteiger partial charge in [0.1, 0.15) is 0 Å². The minimum absolute atomic E-state index is 0.0566. The van der Waals surface area contributed by atoms with Crippen molar-refractivity contribution in [2.75, 3.05) is 5.32 Å². The molecule has 0 atom stereocenters. The van der Waals surface area contributed by atoms with Gasteiger partial charge in [0.25, 0.3) is 0 Å². The number of rotatable bonds is 9. The van der Waals surface area contributed by atoms with Gasteiger partial charge in [-0.3, -0.25) is 4.98 Å². The van der Waals surface area contributed by atoms with E-state index in [9.17, 15) is 18.0 Å². The van der Waals surface area contributed by atoms with Crippen LogP contribution in [-0.2, 0) is 21.3 Å². The number of alkyl carbamates (subject to hydrolysis) is 1. The lowest BCUT2D eigenvalue weighted by Gasteiger charge is -2.28. The van der Waals surface area contributed by atoms with E-state index in [-0.39, 0.29) is 23.0 Å². The molecule has 2 heterocycles. The van der Waals surface area contributed by atoms with Crippen LogP contribution < -0.4 is 20.7 Å². The summed E-state index contributed by atoms with van der Waals surface area (Å²) in [5.41, 5.74) is 1.03. The Morgan fingerprint density at radius 2 is 1.77 bits per heavy atom. The van der Waals surface area contributed by atoms with E-state index in [2.05, 4.69) is 30.6 Å². The SMILES string of the molecule is CC(C)OC(=O)N[C@H]1CC[C@H](c2ncc(-c3ccc(NC(=O)NCc4ccncc4)cc3S(=O)(=O)NC(C)(C)C)s2)CC1. The zero-order valence-electron chi connectivity index (χ0n) is 25.1. The second-order valence-electron chi connectivity index (χ2n) is 11.9. The first-order valence-electron chi connectivity index (χ1n) is 14.3. The highest BCUT2D eigenvalue weighted by molar-refractivity contribution is 7.89. The van der Waals surface area contributed by atoms with Crippen molar-refractivity contribution in [3.05, 3.63) is 59.5 Å². The van der Waals surface area contributed by atoms with Crippen LogP contribution in [0, 0.1) is 0 Å². The molecule has 13 heteroatoms. The van der Waals surface area contributed by atoms with Crippen LogP contribution in [0.2, 0.25) is 0 Å². The van der Waals surface area contributed by atoms with E-state index in [0.29, 0.717) is 17.8 Å². The van der Waals surface area contributed by atoms with Gasteiger partial charge in [-0.05, 0) is 90.1 Å². The molecule has 0 aliphatic heterocycles. The number of nitrogens with one attached hydrogen (secondary N) is 4. The maximum atomic E-state index is 13.6. The Hall–Kier alpha value is -3.55. The molecule has 0 spiro atoms. The van der Waals surface area contributed by atoms with Crippen molar-refractivity contribution in [2.24, 2.45) is 0 Å². The number of carbonyl (C=O) groups excluding carboxylic acids is 2. The normalized spacial score (nSPS) is 17.3. The van der Waals surface area contributed by atoms with Crippen molar-refractivity contribution in [1.82, 2.24) is 25.3 Å². The second-order valence-corrected chi connectivity index (χ2v) is 14.7. The first kappa shape index (κ1) is 32.4. The minimum atomic E-state index is -3.96. The standard InChI is InChI=1S/C30H40N6O5S2/c1-19(2)41-29(38)35-22-8-6-21(7-9-22)27-32-18-25(42-27)24-11-10-23(16-26(24)43(39,40)36-30(3,4)5)34-28(37)33-17-20-12-14-31-15-13-20/h10-16,18-19,21-22,36H,6-9,17H2,1-5H3,(H,35,38)(H2,33,34,37)/t21-,22-. The van der Waals surface area contributed by atoms with Crippen LogP contribution >= 0.6 is 11.3 Å². The van der Waals surface area contributed by atoms with Gasteiger partial charge in [-0.1, -0.05) is 6.07 Å². The summed E-state index contributed by atoms with van der Waals surface area (Å²) in [5.74, 6) is 0.218. The molecule has 3 aromatic rings. The zero-order chi connectivity index (χ0) is 31.2. The number of amides is 3. The fraction of sp³-hybridized carbons (Fsp3) is 0.467. The van der Waals surface area contributed by atoms with Gasteiger partial charge in [-0.2, -0.15) is 0 Å². The van der Waals surface area contributed by atoms with E-state index < -0.39 is 27.7 Å². The number of anilines is 1.